The smallest absolute Gasteiger partial charge is 0.265 e. The topological polar surface area (TPSA) is 57.6 Å². The number of rotatable bonds is 4. The molecule has 0 radical (unpaired) electrons. The summed E-state index contributed by atoms with van der Waals surface area (Å²) in [5.74, 6) is -0.595. The van der Waals surface area contributed by atoms with Gasteiger partial charge in [0.2, 0.25) is 0 Å². The number of carbonyl (C=O) groups is 2. The average Bonchev–Trinajstić information content (AvgIpc) is 2.79. The molecule has 0 aromatic heterocycles. The predicted molar refractivity (Wildman–Crippen MR) is 83.2 cm³/mol. The molecule has 4 nitrogen and oxygen atoms in total. The van der Waals surface area contributed by atoms with Crippen LogP contribution in [-0.4, -0.2) is 28.4 Å². The third-order valence-electron chi connectivity index (χ3n) is 3.62. The fourth-order valence-corrected chi connectivity index (χ4v) is 2.43. The van der Waals surface area contributed by atoms with E-state index in [1.54, 1.807) is 30.3 Å². The van der Waals surface area contributed by atoms with E-state index in [-0.39, 0.29) is 18.4 Å². The Morgan fingerprint density at radius 2 is 1.50 bits per heavy atom. The van der Waals surface area contributed by atoms with Gasteiger partial charge in [-0.05, 0) is 35.8 Å². The van der Waals surface area contributed by atoms with Gasteiger partial charge >= 0.3 is 0 Å². The fraction of sp³-hybridized carbons (Fsp3) is 0.111. The Labute approximate surface area is 128 Å². The molecule has 0 atom stereocenters. The van der Waals surface area contributed by atoms with Crippen LogP contribution in [0, 0.1) is 0 Å². The van der Waals surface area contributed by atoms with E-state index in [0.717, 1.165) is 16.0 Å². The number of benzene rings is 2. The van der Waals surface area contributed by atoms with E-state index in [1.807, 2.05) is 24.3 Å². The van der Waals surface area contributed by atoms with Gasteiger partial charge in [0.1, 0.15) is 0 Å². The number of hydrogen-bond acceptors (Lipinski definition) is 3. The lowest BCUT2D eigenvalue weighted by Crippen LogP contribution is -2.23. The van der Waals surface area contributed by atoms with Crippen LogP contribution >= 0.6 is 0 Å². The van der Waals surface area contributed by atoms with Gasteiger partial charge in [-0.15, -0.1) is 0 Å². The molecule has 2 amide bonds. The van der Waals surface area contributed by atoms with E-state index in [9.17, 15) is 9.59 Å². The van der Waals surface area contributed by atoms with Gasteiger partial charge in [0.05, 0.1) is 11.1 Å². The number of carbonyl (C=O) groups excluding carboxylic acids is 2. The molecular formula is C18H15NO3. The Morgan fingerprint density at radius 1 is 0.909 bits per heavy atom. The maximum Gasteiger partial charge on any atom is 0.265 e. The Bertz CT molecular complexity index is 712. The van der Waals surface area contributed by atoms with Gasteiger partial charge in [-0.25, -0.2) is 4.90 Å². The van der Waals surface area contributed by atoms with Crippen molar-refractivity contribution < 1.29 is 14.7 Å². The molecular weight excluding hydrogens is 278 g/mol. The first-order valence-electron chi connectivity index (χ1n) is 7.05. The van der Waals surface area contributed by atoms with Gasteiger partial charge in [-0.1, -0.05) is 36.4 Å². The van der Waals surface area contributed by atoms with Gasteiger partial charge in [0, 0.05) is 12.8 Å². The molecule has 1 N–H and O–H groups in total. The van der Waals surface area contributed by atoms with Crippen molar-refractivity contribution in [2.75, 3.05) is 6.61 Å². The van der Waals surface area contributed by atoms with Crippen LogP contribution in [0.3, 0.4) is 0 Å². The Morgan fingerprint density at radius 3 is 2.05 bits per heavy atom. The monoisotopic (exact) mass is 293 g/mol. The van der Waals surface area contributed by atoms with Gasteiger partial charge in [0.25, 0.3) is 11.8 Å². The number of aliphatic hydroxyl groups excluding tert-OH is 1. The Hall–Kier alpha value is -2.72. The molecule has 0 spiro atoms. The summed E-state index contributed by atoms with van der Waals surface area (Å²) >= 11 is 0. The summed E-state index contributed by atoms with van der Waals surface area (Å²) in [5.41, 5.74) is 2.81. The van der Waals surface area contributed by atoms with Crippen LogP contribution in [0.2, 0.25) is 0 Å². The predicted octanol–water partition coefficient (Wildman–Crippen LogP) is 2.49. The standard InChI is InChI=1S/C18H15NO3/c20-12-10-14-7-5-13(6-8-14)9-11-19-17(21)15-3-1-2-4-16(15)18(19)22/h1-9,11,20H,10,12H2/b11-9+. The number of nitrogens with zero attached hydrogens (tertiary/aromatic N) is 1. The van der Waals surface area contributed by atoms with Crippen molar-refractivity contribution in [3.8, 4) is 0 Å². The van der Waals surface area contributed by atoms with Crippen molar-refractivity contribution in [2.45, 2.75) is 6.42 Å². The molecule has 0 saturated heterocycles. The van der Waals surface area contributed by atoms with Gasteiger partial charge in [-0.3, -0.25) is 9.59 Å². The summed E-state index contributed by atoms with van der Waals surface area (Å²) in [6.45, 7) is 0.115. The van der Waals surface area contributed by atoms with Crippen LogP contribution in [0.15, 0.2) is 54.7 Å². The SMILES string of the molecule is O=C1c2ccccc2C(=O)N1/C=C/c1ccc(CCO)cc1. The minimum absolute atomic E-state index is 0.115. The molecule has 0 unspecified atom stereocenters. The second-order valence-corrected chi connectivity index (χ2v) is 5.06. The molecule has 22 heavy (non-hydrogen) atoms. The zero-order chi connectivity index (χ0) is 15.5. The first-order chi connectivity index (χ1) is 10.7. The maximum absolute atomic E-state index is 12.2. The number of imide groups is 1. The van der Waals surface area contributed by atoms with Crippen molar-refractivity contribution in [3.63, 3.8) is 0 Å². The summed E-state index contributed by atoms with van der Waals surface area (Å²) in [6, 6.07) is 14.4. The molecule has 3 rings (SSSR count). The highest BCUT2D eigenvalue weighted by Crippen LogP contribution is 2.23. The van der Waals surface area contributed by atoms with Crippen molar-refractivity contribution in [3.05, 3.63) is 77.0 Å². The van der Waals surface area contributed by atoms with Crippen LogP contribution in [0.25, 0.3) is 6.08 Å². The highest BCUT2D eigenvalue weighted by atomic mass is 16.3. The van der Waals surface area contributed by atoms with Crippen molar-refractivity contribution in [1.29, 1.82) is 0 Å². The fourth-order valence-electron chi connectivity index (χ4n) is 2.43. The molecule has 1 heterocycles. The first kappa shape index (κ1) is 14.2. The van der Waals surface area contributed by atoms with E-state index < -0.39 is 0 Å². The number of fused-ring (bicyclic) bond motifs is 1. The minimum Gasteiger partial charge on any atom is -0.396 e. The van der Waals surface area contributed by atoms with E-state index >= 15 is 0 Å². The van der Waals surface area contributed by atoms with Crippen LogP contribution in [0.5, 0.6) is 0 Å². The van der Waals surface area contributed by atoms with Gasteiger partial charge in [0.15, 0.2) is 0 Å². The summed E-state index contributed by atoms with van der Waals surface area (Å²) in [4.78, 5) is 25.5. The molecule has 0 fully saturated rings. The highest BCUT2D eigenvalue weighted by molar-refractivity contribution is 6.22. The normalized spacial score (nSPS) is 14.0. The molecule has 1 aliphatic rings. The minimum atomic E-state index is -0.297. The molecule has 4 heteroatoms. The van der Waals surface area contributed by atoms with Crippen LogP contribution in [0.1, 0.15) is 31.8 Å². The zero-order valence-corrected chi connectivity index (χ0v) is 11.9. The Kier molecular flexibility index (Phi) is 3.85. The summed E-state index contributed by atoms with van der Waals surface area (Å²) in [6.07, 6.45) is 3.85. The van der Waals surface area contributed by atoms with Gasteiger partial charge < -0.3 is 5.11 Å². The van der Waals surface area contributed by atoms with E-state index in [4.69, 9.17) is 5.11 Å². The number of hydrogen-bond donors (Lipinski definition) is 1. The van der Waals surface area contributed by atoms with Crippen molar-refractivity contribution in [1.82, 2.24) is 4.90 Å². The molecule has 0 saturated carbocycles. The van der Waals surface area contributed by atoms with E-state index in [0.29, 0.717) is 17.5 Å². The molecule has 1 aliphatic heterocycles. The van der Waals surface area contributed by atoms with Gasteiger partial charge in [-0.2, -0.15) is 0 Å². The molecule has 110 valence electrons. The maximum atomic E-state index is 12.2. The number of amides is 2. The lowest BCUT2D eigenvalue weighted by molar-refractivity contribution is 0.0722. The molecule has 2 aromatic rings. The summed E-state index contributed by atoms with van der Waals surface area (Å²) in [7, 11) is 0. The van der Waals surface area contributed by atoms with Crippen molar-refractivity contribution in [2.24, 2.45) is 0 Å². The third kappa shape index (κ3) is 2.56. The lowest BCUT2D eigenvalue weighted by atomic mass is 10.1. The third-order valence-corrected chi connectivity index (χ3v) is 3.62. The second kappa shape index (κ2) is 5.95. The number of aliphatic hydroxyl groups is 1. The van der Waals surface area contributed by atoms with Crippen LogP contribution in [-0.2, 0) is 6.42 Å². The first-order valence-corrected chi connectivity index (χ1v) is 7.05. The molecule has 0 aliphatic carbocycles. The average molecular weight is 293 g/mol. The zero-order valence-electron chi connectivity index (χ0n) is 11.9. The Balaban J connectivity index is 1.79. The largest absolute Gasteiger partial charge is 0.396 e. The molecule has 0 bridgehead atoms. The van der Waals surface area contributed by atoms with Crippen LogP contribution in [0.4, 0.5) is 0 Å². The quantitative estimate of drug-likeness (QED) is 0.881. The highest BCUT2D eigenvalue weighted by Gasteiger charge is 2.33. The summed E-state index contributed by atoms with van der Waals surface area (Å²) in [5, 5.41) is 8.88. The lowest BCUT2D eigenvalue weighted by Gasteiger charge is -2.07. The van der Waals surface area contributed by atoms with E-state index in [2.05, 4.69) is 0 Å². The summed E-state index contributed by atoms with van der Waals surface area (Å²) < 4.78 is 0. The second-order valence-electron chi connectivity index (χ2n) is 5.06. The molecule has 2 aromatic carbocycles. The van der Waals surface area contributed by atoms with Crippen molar-refractivity contribution >= 4 is 17.9 Å². The van der Waals surface area contributed by atoms with Crippen LogP contribution < -0.4 is 0 Å². The van der Waals surface area contributed by atoms with E-state index in [1.165, 1.54) is 6.20 Å².